The first-order chi connectivity index (χ1) is 12.0. The number of hydrogen-bond donors (Lipinski definition) is 2. The fraction of sp³-hybridized carbons (Fsp3) is 0.500. The van der Waals surface area contributed by atoms with Crippen LogP contribution in [0.3, 0.4) is 0 Å². The van der Waals surface area contributed by atoms with Crippen molar-refractivity contribution in [3.05, 3.63) is 32.8 Å². The number of nitrogens with zero attached hydrogens (tertiary/aromatic N) is 2. The fourth-order valence-corrected chi connectivity index (χ4v) is 3.19. The monoisotopic (exact) mass is 422 g/mol. The highest BCUT2D eigenvalue weighted by atomic mass is 35.5. The molecule has 0 unspecified atom stereocenters. The summed E-state index contributed by atoms with van der Waals surface area (Å²) in [7, 11) is 0. The summed E-state index contributed by atoms with van der Waals surface area (Å²) in [6, 6.07) is 3.46. The highest BCUT2D eigenvalue weighted by molar-refractivity contribution is 7.80. The van der Waals surface area contributed by atoms with E-state index in [1.165, 1.54) is 0 Å². The predicted octanol–water partition coefficient (Wildman–Crippen LogP) is 3.56. The number of hydrogen-bond acceptors (Lipinski definition) is 4. The van der Waals surface area contributed by atoms with Crippen molar-refractivity contribution in [1.29, 1.82) is 0 Å². The van der Waals surface area contributed by atoms with Crippen molar-refractivity contribution in [2.24, 2.45) is 5.10 Å². The van der Waals surface area contributed by atoms with Gasteiger partial charge in [0.25, 0.3) is 0 Å². The van der Waals surface area contributed by atoms with Gasteiger partial charge in [-0.25, -0.2) is 0 Å². The summed E-state index contributed by atoms with van der Waals surface area (Å²) in [5, 5.41) is 8.96. The van der Waals surface area contributed by atoms with Crippen LogP contribution in [-0.4, -0.2) is 55.1 Å². The van der Waals surface area contributed by atoms with Crippen molar-refractivity contribution >= 4 is 57.8 Å². The van der Waals surface area contributed by atoms with Crippen molar-refractivity contribution in [3.8, 4) is 0 Å². The zero-order chi connectivity index (χ0) is 18.2. The molecule has 9 heteroatoms. The van der Waals surface area contributed by atoms with E-state index >= 15 is 0 Å². The topological polar surface area (TPSA) is 48.9 Å². The molecule has 1 aromatic carbocycles. The summed E-state index contributed by atoms with van der Waals surface area (Å²) in [6.45, 7) is 7.26. The van der Waals surface area contributed by atoms with Gasteiger partial charge in [-0.2, -0.15) is 5.10 Å². The van der Waals surface area contributed by atoms with Crippen LogP contribution in [0.2, 0.25) is 15.1 Å². The summed E-state index contributed by atoms with van der Waals surface area (Å²) in [5.41, 5.74) is 4.20. The Morgan fingerprint density at radius 1 is 1.24 bits per heavy atom. The van der Waals surface area contributed by atoms with Gasteiger partial charge >= 0.3 is 0 Å². The Hall–Kier alpha value is -0.630. The second-order valence-electron chi connectivity index (χ2n) is 5.60. The molecule has 25 heavy (non-hydrogen) atoms. The zero-order valence-electron chi connectivity index (χ0n) is 13.9. The van der Waals surface area contributed by atoms with E-state index in [4.69, 9.17) is 51.8 Å². The minimum atomic E-state index is 0.319. The Morgan fingerprint density at radius 3 is 2.68 bits per heavy atom. The molecular formula is C16H21Cl3N4OS. The molecule has 0 spiro atoms. The van der Waals surface area contributed by atoms with Crippen LogP contribution in [0.25, 0.3) is 0 Å². The van der Waals surface area contributed by atoms with Crippen LogP contribution in [-0.2, 0) is 4.74 Å². The minimum absolute atomic E-state index is 0.319. The normalized spacial score (nSPS) is 15.9. The zero-order valence-corrected chi connectivity index (χ0v) is 17.0. The minimum Gasteiger partial charge on any atom is -0.379 e. The van der Waals surface area contributed by atoms with E-state index in [9.17, 15) is 0 Å². The van der Waals surface area contributed by atoms with E-state index in [1.54, 1.807) is 12.1 Å². The number of thiocarbonyl (C=S) groups is 1. The lowest BCUT2D eigenvalue weighted by Gasteiger charge is -2.26. The van der Waals surface area contributed by atoms with Gasteiger partial charge in [0, 0.05) is 25.2 Å². The molecule has 0 saturated carbocycles. The number of halogens is 3. The molecule has 2 rings (SSSR count). The number of hydrazone groups is 1. The van der Waals surface area contributed by atoms with Crippen LogP contribution < -0.4 is 10.7 Å². The van der Waals surface area contributed by atoms with Crippen LogP contribution in [0.1, 0.15) is 18.9 Å². The first kappa shape index (κ1) is 20.7. The van der Waals surface area contributed by atoms with Gasteiger partial charge in [-0.05, 0) is 38.2 Å². The average molecular weight is 424 g/mol. The first-order valence-electron chi connectivity index (χ1n) is 8.01. The molecule has 1 aliphatic heterocycles. The van der Waals surface area contributed by atoms with Crippen LogP contribution in [0.5, 0.6) is 0 Å². The number of rotatable bonds is 6. The summed E-state index contributed by atoms with van der Waals surface area (Å²) in [6.07, 6.45) is 1.00. The third-order valence-electron chi connectivity index (χ3n) is 3.79. The van der Waals surface area contributed by atoms with Gasteiger partial charge in [-0.15, -0.1) is 0 Å². The molecule has 0 bridgehead atoms. The van der Waals surface area contributed by atoms with Gasteiger partial charge in [0.1, 0.15) is 0 Å². The molecule has 0 atom stereocenters. The lowest BCUT2D eigenvalue weighted by molar-refractivity contribution is 0.0376. The Morgan fingerprint density at radius 2 is 1.96 bits per heavy atom. The van der Waals surface area contributed by atoms with Gasteiger partial charge < -0.3 is 10.1 Å². The van der Waals surface area contributed by atoms with Crippen LogP contribution >= 0.6 is 47.0 Å². The van der Waals surface area contributed by atoms with E-state index in [0.717, 1.165) is 45.8 Å². The maximum absolute atomic E-state index is 6.20. The lowest BCUT2D eigenvalue weighted by atomic mass is 10.1. The molecule has 1 aromatic rings. The van der Waals surface area contributed by atoms with Crippen LogP contribution in [0.4, 0.5) is 0 Å². The quantitative estimate of drug-likeness (QED) is 0.241. The summed E-state index contributed by atoms with van der Waals surface area (Å²) in [4.78, 5) is 2.39. The Labute approximate surface area is 168 Å². The first-order valence-corrected chi connectivity index (χ1v) is 9.55. The van der Waals surface area contributed by atoms with Gasteiger partial charge in [0.05, 0.1) is 34.0 Å². The molecule has 138 valence electrons. The van der Waals surface area contributed by atoms with Crippen molar-refractivity contribution in [1.82, 2.24) is 15.6 Å². The number of ether oxygens (including phenoxy) is 1. The van der Waals surface area contributed by atoms with Gasteiger partial charge in [0.2, 0.25) is 0 Å². The molecular weight excluding hydrogens is 403 g/mol. The second kappa shape index (κ2) is 10.5. The van der Waals surface area contributed by atoms with Gasteiger partial charge in [-0.1, -0.05) is 40.9 Å². The molecule has 5 nitrogen and oxygen atoms in total. The standard InChI is InChI=1S/C16H21Cl3N4OS/c1-11(12-3-4-13(17)15(19)14(12)18)21-22-16(25)20-5-2-6-23-7-9-24-10-8-23/h3-4H,2,5-10H2,1H3,(H2,20,22,25)/b21-11+. The van der Waals surface area contributed by atoms with Crippen molar-refractivity contribution < 1.29 is 4.74 Å². The second-order valence-corrected chi connectivity index (χ2v) is 7.17. The lowest BCUT2D eigenvalue weighted by Crippen LogP contribution is -2.39. The predicted molar refractivity (Wildman–Crippen MR) is 109 cm³/mol. The van der Waals surface area contributed by atoms with E-state index in [0.29, 0.717) is 31.5 Å². The maximum atomic E-state index is 6.20. The highest BCUT2D eigenvalue weighted by Gasteiger charge is 2.11. The van der Waals surface area contributed by atoms with E-state index < -0.39 is 0 Å². The Kier molecular flexibility index (Phi) is 8.69. The number of benzene rings is 1. The molecule has 0 amide bonds. The van der Waals surface area contributed by atoms with Crippen molar-refractivity contribution in [2.45, 2.75) is 13.3 Å². The van der Waals surface area contributed by atoms with Crippen molar-refractivity contribution in [3.63, 3.8) is 0 Å². The van der Waals surface area contributed by atoms with Gasteiger partial charge in [-0.3, -0.25) is 10.3 Å². The molecule has 1 saturated heterocycles. The molecule has 2 N–H and O–H groups in total. The summed E-state index contributed by atoms with van der Waals surface area (Å²) in [5.74, 6) is 0. The smallest absolute Gasteiger partial charge is 0.186 e. The molecule has 0 aromatic heterocycles. The third-order valence-corrected chi connectivity index (χ3v) is 5.32. The summed E-state index contributed by atoms with van der Waals surface area (Å²) >= 11 is 23.4. The third kappa shape index (κ3) is 6.55. The van der Waals surface area contributed by atoms with E-state index in [-0.39, 0.29) is 0 Å². The fourth-order valence-electron chi connectivity index (χ4n) is 2.37. The van der Waals surface area contributed by atoms with Gasteiger partial charge in [0.15, 0.2) is 5.11 Å². The SMILES string of the molecule is C/C(=N\NC(=S)NCCCN1CCOCC1)c1ccc(Cl)c(Cl)c1Cl. The van der Waals surface area contributed by atoms with Crippen LogP contribution in [0.15, 0.2) is 17.2 Å². The molecule has 0 aliphatic carbocycles. The Bertz CT molecular complexity index is 636. The molecule has 1 heterocycles. The largest absolute Gasteiger partial charge is 0.379 e. The number of morpholine rings is 1. The van der Waals surface area contributed by atoms with Crippen LogP contribution in [0, 0.1) is 0 Å². The Balaban J connectivity index is 1.74. The van der Waals surface area contributed by atoms with E-state index in [2.05, 4.69) is 20.7 Å². The molecule has 0 radical (unpaired) electrons. The average Bonchev–Trinajstić information content (AvgIpc) is 2.62. The maximum Gasteiger partial charge on any atom is 0.186 e. The summed E-state index contributed by atoms with van der Waals surface area (Å²) < 4.78 is 5.33. The molecule has 1 aliphatic rings. The van der Waals surface area contributed by atoms with E-state index in [1.807, 2.05) is 6.92 Å². The van der Waals surface area contributed by atoms with Crippen molar-refractivity contribution in [2.75, 3.05) is 39.4 Å². The number of nitrogens with one attached hydrogen (secondary N) is 2. The highest BCUT2D eigenvalue weighted by Crippen LogP contribution is 2.32. The molecule has 1 fully saturated rings.